The number of hydrogen-bond acceptors (Lipinski definition) is 5. The van der Waals surface area contributed by atoms with Crippen molar-refractivity contribution in [3.8, 4) is 0 Å². The Kier molecular flexibility index (Phi) is 3.09. The van der Waals surface area contributed by atoms with E-state index < -0.39 is 5.91 Å². The number of hydrogen-bond donors (Lipinski definition) is 1. The van der Waals surface area contributed by atoms with Gasteiger partial charge in [-0.25, -0.2) is 4.98 Å². The lowest BCUT2D eigenvalue weighted by Gasteiger charge is -2.35. The van der Waals surface area contributed by atoms with Crippen LogP contribution in [0.15, 0.2) is 16.9 Å². The summed E-state index contributed by atoms with van der Waals surface area (Å²) in [5.41, 5.74) is 6.57. The summed E-state index contributed by atoms with van der Waals surface area (Å²) >= 11 is 1.54. The number of carbonyl (C=O) groups excluding carboxylic acids is 2. The third kappa shape index (κ3) is 2.03. The first kappa shape index (κ1) is 14.4. The third-order valence-electron chi connectivity index (χ3n) is 4.93. The van der Waals surface area contributed by atoms with Crippen molar-refractivity contribution in [2.24, 2.45) is 11.7 Å². The van der Waals surface area contributed by atoms with E-state index in [1.807, 2.05) is 24.8 Å². The number of fused-ring (bicyclic) bond motifs is 1. The molecule has 2 aromatic rings. The average molecular weight is 331 g/mol. The Labute approximate surface area is 137 Å². The van der Waals surface area contributed by atoms with E-state index in [2.05, 4.69) is 4.98 Å². The summed E-state index contributed by atoms with van der Waals surface area (Å²) in [5.74, 6) is 0.383. The van der Waals surface area contributed by atoms with Crippen LogP contribution in [0.2, 0.25) is 0 Å². The van der Waals surface area contributed by atoms with Crippen molar-refractivity contribution in [2.75, 3.05) is 6.54 Å². The number of nitrogens with two attached hydrogens (primary N) is 1. The molecule has 2 N–H and O–H groups in total. The molecule has 2 aliphatic heterocycles. The molecule has 23 heavy (non-hydrogen) atoms. The zero-order chi connectivity index (χ0) is 16.3. The molecular formula is C16H17N3O3S. The maximum atomic E-state index is 12.9. The molecule has 0 spiro atoms. The Morgan fingerprint density at radius 1 is 1.43 bits per heavy atom. The third-order valence-corrected chi connectivity index (χ3v) is 6.07. The van der Waals surface area contributed by atoms with Gasteiger partial charge in [0.25, 0.3) is 11.8 Å². The first-order valence-electron chi connectivity index (χ1n) is 7.58. The molecule has 3 atom stereocenters. The van der Waals surface area contributed by atoms with Crippen molar-refractivity contribution >= 4 is 23.2 Å². The van der Waals surface area contributed by atoms with Crippen LogP contribution in [0.1, 0.15) is 48.7 Å². The minimum atomic E-state index is -0.581. The summed E-state index contributed by atoms with van der Waals surface area (Å²) in [5, 5.41) is 0. The maximum absolute atomic E-state index is 12.9. The van der Waals surface area contributed by atoms with E-state index in [0.29, 0.717) is 18.2 Å². The van der Waals surface area contributed by atoms with Crippen molar-refractivity contribution < 1.29 is 14.0 Å². The SMILES string of the molecule is Cc1cc(C)c(C(=O)N2CC3CC2C3c2ocnc2C(N)=O)s1. The predicted octanol–water partition coefficient (Wildman–Crippen LogP) is 2.08. The summed E-state index contributed by atoms with van der Waals surface area (Å²) in [7, 11) is 0. The van der Waals surface area contributed by atoms with Gasteiger partial charge in [0.15, 0.2) is 12.1 Å². The van der Waals surface area contributed by atoms with E-state index >= 15 is 0 Å². The van der Waals surface area contributed by atoms with Crippen molar-refractivity contribution in [3.05, 3.63) is 39.2 Å². The second-order valence-electron chi connectivity index (χ2n) is 6.35. The second-order valence-corrected chi connectivity index (χ2v) is 7.60. The molecule has 3 unspecified atom stereocenters. The van der Waals surface area contributed by atoms with Gasteiger partial charge in [-0.05, 0) is 37.8 Å². The number of primary amides is 1. The molecule has 6 nitrogen and oxygen atoms in total. The molecule has 1 aliphatic carbocycles. The smallest absolute Gasteiger partial charge is 0.270 e. The molecule has 4 heterocycles. The number of rotatable bonds is 3. The van der Waals surface area contributed by atoms with Crippen LogP contribution < -0.4 is 5.73 Å². The highest BCUT2D eigenvalue weighted by Crippen LogP contribution is 2.53. The summed E-state index contributed by atoms with van der Waals surface area (Å²) in [6.07, 6.45) is 2.20. The van der Waals surface area contributed by atoms with Crippen LogP contribution in [-0.2, 0) is 0 Å². The van der Waals surface area contributed by atoms with Crippen molar-refractivity contribution in [2.45, 2.75) is 32.2 Å². The molecule has 2 amide bonds. The lowest BCUT2D eigenvalue weighted by atomic mass is 9.72. The zero-order valence-corrected chi connectivity index (χ0v) is 13.7. The van der Waals surface area contributed by atoms with Gasteiger partial charge in [-0.2, -0.15) is 0 Å². The molecule has 120 valence electrons. The highest BCUT2D eigenvalue weighted by Gasteiger charge is 2.56. The standard InChI is InChI=1S/C16H17N3O3S/c1-7-3-8(2)23-14(7)16(21)19-5-9-4-10(19)11(9)13-12(15(17)20)18-6-22-13/h3,6,9-11H,4-5H2,1-2H3,(H2,17,20). The van der Waals surface area contributed by atoms with Crippen LogP contribution in [0, 0.1) is 19.8 Å². The highest BCUT2D eigenvalue weighted by atomic mass is 32.1. The number of oxazole rings is 1. The van der Waals surface area contributed by atoms with Crippen molar-refractivity contribution in [1.82, 2.24) is 9.88 Å². The number of aryl methyl sites for hydroxylation is 2. The van der Waals surface area contributed by atoms with Gasteiger partial charge in [0.2, 0.25) is 0 Å². The van der Waals surface area contributed by atoms with Crippen LogP contribution >= 0.6 is 11.3 Å². The van der Waals surface area contributed by atoms with Gasteiger partial charge in [-0.15, -0.1) is 11.3 Å². The van der Waals surface area contributed by atoms with E-state index in [1.165, 1.54) is 17.7 Å². The first-order valence-corrected chi connectivity index (χ1v) is 8.40. The van der Waals surface area contributed by atoms with Gasteiger partial charge < -0.3 is 15.1 Å². The molecule has 5 rings (SSSR count). The van der Waals surface area contributed by atoms with Gasteiger partial charge in [0.1, 0.15) is 5.76 Å². The highest BCUT2D eigenvalue weighted by molar-refractivity contribution is 7.14. The van der Waals surface area contributed by atoms with Gasteiger partial charge in [0, 0.05) is 23.4 Å². The normalized spacial score (nSPS) is 25.5. The van der Waals surface area contributed by atoms with Crippen LogP contribution in [0.5, 0.6) is 0 Å². The Balaban J connectivity index is 1.61. The fourth-order valence-corrected chi connectivity index (χ4v) is 4.88. The fraction of sp³-hybridized carbons (Fsp3) is 0.438. The number of thiophene rings is 1. The van der Waals surface area contributed by atoms with Crippen LogP contribution in [0.3, 0.4) is 0 Å². The lowest BCUT2D eigenvalue weighted by Crippen LogP contribution is -2.40. The Hall–Kier alpha value is -2.15. The zero-order valence-electron chi connectivity index (χ0n) is 12.9. The molecular weight excluding hydrogens is 314 g/mol. The number of carbonyl (C=O) groups is 2. The van der Waals surface area contributed by atoms with Crippen LogP contribution in [0.4, 0.5) is 0 Å². The van der Waals surface area contributed by atoms with Crippen LogP contribution in [-0.4, -0.2) is 34.3 Å². The van der Waals surface area contributed by atoms with E-state index in [4.69, 9.17) is 10.2 Å². The first-order chi connectivity index (χ1) is 11.0. The topological polar surface area (TPSA) is 89.4 Å². The van der Waals surface area contributed by atoms with Gasteiger partial charge in [0.05, 0.1) is 4.88 Å². The summed E-state index contributed by atoms with van der Waals surface area (Å²) < 4.78 is 5.43. The van der Waals surface area contributed by atoms with Crippen LogP contribution in [0.25, 0.3) is 0 Å². The summed E-state index contributed by atoms with van der Waals surface area (Å²) in [6.45, 7) is 4.68. The minimum Gasteiger partial charge on any atom is -0.447 e. The van der Waals surface area contributed by atoms with E-state index in [0.717, 1.165) is 21.7 Å². The molecule has 3 aliphatic rings. The molecule has 1 saturated carbocycles. The van der Waals surface area contributed by atoms with E-state index in [1.54, 1.807) is 0 Å². The molecule has 0 aromatic carbocycles. The fourth-order valence-electron chi connectivity index (χ4n) is 3.90. The van der Waals surface area contributed by atoms with Crippen molar-refractivity contribution in [3.63, 3.8) is 0 Å². The maximum Gasteiger partial charge on any atom is 0.270 e. The second kappa shape index (κ2) is 4.92. The summed E-state index contributed by atoms with van der Waals surface area (Å²) in [4.78, 5) is 32.1. The Morgan fingerprint density at radius 3 is 2.87 bits per heavy atom. The monoisotopic (exact) mass is 331 g/mol. The molecule has 2 bridgehead atoms. The molecule has 2 saturated heterocycles. The molecule has 2 aromatic heterocycles. The molecule has 3 fully saturated rings. The predicted molar refractivity (Wildman–Crippen MR) is 84.5 cm³/mol. The number of aromatic nitrogens is 1. The molecule has 0 radical (unpaired) electrons. The number of amides is 2. The number of nitrogens with zero attached hydrogens (tertiary/aromatic N) is 2. The Morgan fingerprint density at radius 2 is 2.22 bits per heavy atom. The van der Waals surface area contributed by atoms with E-state index in [9.17, 15) is 9.59 Å². The Bertz CT molecular complexity index is 809. The lowest BCUT2D eigenvalue weighted by molar-refractivity contribution is 0.0734. The van der Waals surface area contributed by atoms with Gasteiger partial charge in [-0.3, -0.25) is 9.59 Å². The largest absolute Gasteiger partial charge is 0.447 e. The van der Waals surface area contributed by atoms with Crippen molar-refractivity contribution in [1.29, 1.82) is 0 Å². The van der Waals surface area contributed by atoms with E-state index in [-0.39, 0.29) is 23.6 Å². The van der Waals surface area contributed by atoms with Gasteiger partial charge in [-0.1, -0.05) is 0 Å². The summed E-state index contributed by atoms with van der Waals surface area (Å²) in [6, 6.07) is 2.11. The van der Waals surface area contributed by atoms with Gasteiger partial charge >= 0.3 is 0 Å². The minimum absolute atomic E-state index is 0.0327. The molecule has 7 heteroatoms. The average Bonchev–Trinajstić information content (AvgIpc) is 3.19. The quantitative estimate of drug-likeness (QED) is 0.932.